The van der Waals surface area contributed by atoms with Gasteiger partial charge in [-0.2, -0.15) is 0 Å². The van der Waals surface area contributed by atoms with Crippen molar-refractivity contribution in [1.29, 1.82) is 0 Å². The number of carbonyl (C=O) groups excluding carboxylic acids is 2. The molecule has 1 N–H and O–H groups in total. The maximum atomic E-state index is 13.8. The number of fused-ring (bicyclic) bond motifs is 1. The molecule has 2 rings (SSSR count). The van der Waals surface area contributed by atoms with Gasteiger partial charge >= 0.3 is 6.09 Å². The summed E-state index contributed by atoms with van der Waals surface area (Å²) in [6.45, 7) is 7.50. The van der Waals surface area contributed by atoms with Crippen LogP contribution in [0.25, 0.3) is 0 Å². The number of hydrogen-bond acceptors (Lipinski definition) is 3. The van der Waals surface area contributed by atoms with Crippen LogP contribution in [0.15, 0.2) is 18.2 Å². The number of hydrogen-bond donors (Lipinski definition) is 1. The zero-order valence-corrected chi connectivity index (χ0v) is 14.0. The SMILES string of the molecule is CC[C@H](NC(=O)OC(C)(C)C)C(=O)N1CCc2c(F)cccc21. The predicted octanol–water partition coefficient (Wildman–Crippen LogP) is 3.02. The predicted molar refractivity (Wildman–Crippen MR) is 85.9 cm³/mol. The molecule has 0 aliphatic carbocycles. The Hall–Kier alpha value is -2.11. The van der Waals surface area contributed by atoms with Crippen LogP contribution in [0.4, 0.5) is 14.9 Å². The molecule has 1 atom stereocenters. The molecule has 126 valence electrons. The molecule has 23 heavy (non-hydrogen) atoms. The van der Waals surface area contributed by atoms with E-state index in [2.05, 4.69) is 5.32 Å². The molecule has 0 bridgehead atoms. The van der Waals surface area contributed by atoms with Crippen LogP contribution in [-0.4, -0.2) is 30.2 Å². The van der Waals surface area contributed by atoms with Crippen LogP contribution in [-0.2, 0) is 16.0 Å². The highest BCUT2D eigenvalue weighted by Gasteiger charge is 2.32. The fraction of sp³-hybridized carbons (Fsp3) is 0.529. The van der Waals surface area contributed by atoms with Crippen LogP contribution in [0.2, 0.25) is 0 Å². The first kappa shape index (κ1) is 17.2. The second-order valence-electron chi connectivity index (χ2n) is 6.58. The van der Waals surface area contributed by atoms with Crippen LogP contribution < -0.4 is 10.2 Å². The molecule has 1 aromatic carbocycles. The molecule has 1 aromatic rings. The van der Waals surface area contributed by atoms with Crippen molar-refractivity contribution in [2.75, 3.05) is 11.4 Å². The summed E-state index contributed by atoms with van der Waals surface area (Å²) in [4.78, 5) is 26.1. The summed E-state index contributed by atoms with van der Waals surface area (Å²) >= 11 is 0. The molecule has 5 nitrogen and oxygen atoms in total. The quantitative estimate of drug-likeness (QED) is 0.930. The van der Waals surface area contributed by atoms with Crippen molar-refractivity contribution in [3.05, 3.63) is 29.6 Å². The van der Waals surface area contributed by atoms with Crippen LogP contribution in [0.5, 0.6) is 0 Å². The lowest BCUT2D eigenvalue weighted by Crippen LogP contribution is -2.49. The van der Waals surface area contributed by atoms with Crippen molar-refractivity contribution in [3.8, 4) is 0 Å². The van der Waals surface area contributed by atoms with E-state index in [1.807, 2.05) is 6.92 Å². The lowest BCUT2D eigenvalue weighted by atomic mass is 10.1. The van der Waals surface area contributed by atoms with Gasteiger partial charge in [0.15, 0.2) is 0 Å². The smallest absolute Gasteiger partial charge is 0.408 e. The van der Waals surface area contributed by atoms with Crippen molar-refractivity contribution in [3.63, 3.8) is 0 Å². The number of amides is 2. The van der Waals surface area contributed by atoms with E-state index >= 15 is 0 Å². The zero-order valence-electron chi connectivity index (χ0n) is 14.0. The molecule has 0 spiro atoms. The summed E-state index contributed by atoms with van der Waals surface area (Å²) in [5.74, 6) is -0.548. The molecular weight excluding hydrogens is 299 g/mol. The molecule has 1 heterocycles. The fourth-order valence-corrected chi connectivity index (χ4v) is 2.60. The first-order valence-corrected chi connectivity index (χ1v) is 7.81. The summed E-state index contributed by atoms with van der Waals surface area (Å²) < 4.78 is 19.0. The van der Waals surface area contributed by atoms with Crippen LogP contribution in [0, 0.1) is 5.82 Å². The molecule has 0 radical (unpaired) electrons. The Bertz CT molecular complexity index is 610. The number of ether oxygens (including phenoxy) is 1. The number of halogens is 1. The Morgan fingerprint density at radius 3 is 2.70 bits per heavy atom. The van der Waals surface area contributed by atoms with E-state index in [-0.39, 0.29) is 11.7 Å². The molecule has 0 saturated heterocycles. The van der Waals surface area contributed by atoms with E-state index in [4.69, 9.17) is 4.74 Å². The standard InChI is InChI=1S/C17H23FN2O3/c1-5-13(19-16(22)23-17(2,3)4)15(21)20-10-9-11-12(18)7-6-8-14(11)20/h6-8,13H,5,9-10H2,1-4H3,(H,19,22)/t13-/m0/s1. The van der Waals surface area contributed by atoms with E-state index in [1.54, 1.807) is 32.9 Å². The molecule has 2 amide bonds. The highest BCUT2D eigenvalue weighted by molar-refractivity contribution is 6.00. The molecule has 0 unspecified atom stereocenters. The largest absolute Gasteiger partial charge is 0.444 e. The molecular formula is C17H23FN2O3. The minimum absolute atomic E-state index is 0.247. The number of nitrogens with one attached hydrogen (secondary N) is 1. The third kappa shape index (κ3) is 4.00. The number of benzene rings is 1. The number of alkyl carbamates (subject to hydrolysis) is 1. The third-order valence-corrected chi connectivity index (χ3v) is 3.63. The molecule has 6 heteroatoms. The van der Waals surface area contributed by atoms with Gasteiger partial charge in [-0.1, -0.05) is 13.0 Å². The van der Waals surface area contributed by atoms with E-state index in [9.17, 15) is 14.0 Å². The highest BCUT2D eigenvalue weighted by Crippen LogP contribution is 2.30. The maximum absolute atomic E-state index is 13.8. The highest BCUT2D eigenvalue weighted by atomic mass is 19.1. The topological polar surface area (TPSA) is 58.6 Å². The van der Waals surface area contributed by atoms with Gasteiger partial charge in [-0.15, -0.1) is 0 Å². The van der Waals surface area contributed by atoms with Gasteiger partial charge in [0.1, 0.15) is 17.5 Å². The van der Waals surface area contributed by atoms with Gasteiger partial charge < -0.3 is 15.0 Å². The van der Waals surface area contributed by atoms with Crippen molar-refractivity contribution >= 4 is 17.7 Å². The Kier molecular flexibility index (Phi) is 4.92. The summed E-state index contributed by atoms with van der Waals surface area (Å²) in [5.41, 5.74) is 0.502. The molecule has 1 aliphatic heterocycles. The molecule has 1 aliphatic rings. The summed E-state index contributed by atoms with van der Waals surface area (Å²) in [5, 5.41) is 2.60. The minimum atomic E-state index is -0.695. The van der Waals surface area contributed by atoms with E-state index < -0.39 is 17.7 Å². The van der Waals surface area contributed by atoms with Crippen molar-refractivity contribution < 1.29 is 18.7 Å². The first-order valence-electron chi connectivity index (χ1n) is 7.81. The van der Waals surface area contributed by atoms with Crippen LogP contribution >= 0.6 is 0 Å². The maximum Gasteiger partial charge on any atom is 0.408 e. The van der Waals surface area contributed by atoms with Gasteiger partial charge in [0.25, 0.3) is 0 Å². The fourth-order valence-electron chi connectivity index (χ4n) is 2.60. The molecule has 0 aromatic heterocycles. The number of rotatable bonds is 3. The summed E-state index contributed by atoms with van der Waals surface area (Å²) in [6.07, 6.45) is 0.284. The van der Waals surface area contributed by atoms with Gasteiger partial charge in [0, 0.05) is 17.8 Å². The van der Waals surface area contributed by atoms with Crippen molar-refractivity contribution in [2.45, 2.75) is 52.2 Å². The minimum Gasteiger partial charge on any atom is -0.444 e. The Labute approximate surface area is 135 Å². The average molecular weight is 322 g/mol. The monoisotopic (exact) mass is 322 g/mol. The van der Waals surface area contributed by atoms with E-state index in [0.717, 1.165) is 0 Å². The van der Waals surface area contributed by atoms with Crippen molar-refractivity contribution in [1.82, 2.24) is 5.32 Å². The van der Waals surface area contributed by atoms with Gasteiger partial charge in [0.2, 0.25) is 5.91 Å². The number of nitrogens with zero attached hydrogens (tertiary/aromatic N) is 1. The van der Waals surface area contributed by atoms with Gasteiger partial charge in [-0.25, -0.2) is 9.18 Å². The number of carbonyl (C=O) groups is 2. The summed E-state index contributed by atoms with van der Waals surface area (Å²) in [6, 6.07) is 4.01. The van der Waals surface area contributed by atoms with Crippen LogP contribution in [0.1, 0.15) is 39.7 Å². The average Bonchev–Trinajstić information content (AvgIpc) is 2.87. The van der Waals surface area contributed by atoms with Gasteiger partial charge in [-0.3, -0.25) is 4.79 Å². The Balaban J connectivity index is 2.10. The first-order chi connectivity index (χ1) is 10.7. The third-order valence-electron chi connectivity index (χ3n) is 3.63. The Morgan fingerprint density at radius 2 is 2.09 bits per heavy atom. The zero-order chi connectivity index (χ0) is 17.2. The Morgan fingerprint density at radius 1 is 1.39 bits per heavy atom. The summed E-state index contributed by atoms with van der Waals surface area (Å²) in [7, 11) is 0. The lowest BCUT2D eigenvalue weighted by Gasteiger charge is -2.26. The molecule has 0 saturated carbocycles. The molecule has 0 fully saturated rings. The second kappa shape index (κ2) is 6.56. The van der Waals surface area contributed by atoms with E-state index in [1.165, 1.54) is 11.0 Å². The normalized spacial score (nSPS) is 15.1. The van der Waals surface area contributed by atoms with Gasteiger partial charge in [0.05, 0.1) is 0 Å². The van der Waals surface area contributed by atoms with Crippen molar-refractivity contribution in [2.24, 2.45) is 0 Å². The lowest BCUT2D eigenvalue weighted by molar-refractivity contribution is -0.120. The van der Waals surface area contributed by atoms with Gasteiger partial charge in [-0.05, 0) is 45.7 Å². The van der Waals surface area contributed by atoms with Crippen LogP contribution in [0.3, 0.4) is 0 Å². The number of anilines is 1. The second-order valence-corrected chi connectivity index (χ2v) is 6.58. The van der Waals surface area contributed by atoms with E-state index in [0.29, 0.717) is 30.6 Å².